The van der Waals surface area contributed by atoms with Crippen LogP contribution in [0.1, 0.15) is 12.8 Å². The lowest BCUT2D eigenvalue weighted by Gasteiger charge is -2.23. The average Bonchev–Trinajstić information content (AvgIpc) is 2.84. The molecular weight excluding hydrogens is 240 g/mol. The summed E-state index contributed by atoms with van der Waals surface area (Å²) in [6.07, 6.45) is 0.917. The molecule has 1 heterocycles. The molecule has 1 saturated carbocycles. The Labute approximate surface area is 107 Å². The highest BCUT2D eigenvalue weighted by atomic mass is 16.7. The predicted octanol–water partition coefficient (Wildman–Crippen LogP) is 0.339. The van der Waals surface area contributed by atoms with Gasteiger partial charge in [-0.3, -0.25) is 0 Å². The van der Waals surface area contributed by atoms with Gasteiger partial charge in [0.15, 0.2) is 6.29 Å². The third-order valence-electron chi connectivity index (χ3n) is 3.69. The summed E-state index contributed by atoms with van der Waals surface area (Å²) in [6.45, 7) is 1.10. The minimum Gasteiger partial charge on any atom is -0.368 e. The lowest BCUT2D eigenvalue weighted by atomic mass is 9.93. The first-order valence-electron chi connectivity index (χ1n) is 6.27. The van der Waals surface area contributed by atoms with Gasteiger partial charge in [0.05, 0.1) is 18.8 Å². The lowest BCUT2D eigenvalue weighted by Crippen LogP contribution is -2.28. The van der Waals surface area contributed by atoms with Gasteiger partial charge in [-0.2, -0.15) is 0 Å². The molecule has 1 unspecified atom stereocenters. The molecule has 0 aromatic rings. The molecule has 2 rings (SSSR count). The summed E-state index contributed by atoms with van der Waals surface area (Å²) >= 11 is 0. The second kappa shape index (κ2) is 6.79. The van der Waals surface area contributed by atoms with Crippen LogP contribution >= 0.6 is 0 Å². The largest absolute Gasteiger partial charge is 0.368 e. The zero-order chi connectivity index (χ0) is 13.0. The molecule has 1 aliphatic carbocycles. The molecule has 0 aromatic carbocycles. The van der Waals surface area contributed by atoms with Gasteiger partial charge in [-0.25, -0.2) is 0 Å². The number of aliphatic hydroxyl groups excluding tert-OH is 1. The van der Waals surface area contributed by atoms with E-state index in [4.69, 9.17) is 23.7 Å². The van der Waals surface area contributed by atoms with E-state index in [2.05, 4.69) is 0 Å². The van der Waals surface area contributed by atoms with Crippen LogP contribution in [0.2, 0.25) is 0 Å². The number of methoxy groups -OCH3 is 2. The fourth-order valence-corrected chi connectivity index (χ4v) is 2.95. The predicted molar refractivity (Wildman–Crippen MR) is 61.7 cm³/mol. The molecule has 1 N–H and O–H groups in total. The van der Waals surface area contributed by atoms with Crippen molar-refractivity contribution in [2.24, 2.45) is 11.8 Å². The van der Waals surface area contributed by atoms with Crippen LogP contribution in [0.4, 0.5) is 0 Å². The first-order valence-corrected chi connectivity index (χ1v) is 6.27. The van der Waals surface area contributed by atoms with E-state index in [1.165, 1.54) is 0 Å². The molecule has 0 bridgehead atoms. The summed E-state index contributed by atoms with van der Waals surface area (Å²) < 4.78 is 26.4. The van der Waals surface area contributed by atoms with E-state index >= 15 is 0 Å². The molecule has 1 aliphatic heterocycles. The number of fused-ring (bicyclic) bond motifs is 1. The summed E-state index contributed by atoms with van der Waals surface area (Å²) in [5.74, 6) is 0.510. The number of hydrogen-bond donors (Lipinski definition) is 1. The Balaban J connectivity index is 1.89. The normalized spacial score (nSPS) is 39.2. The van der Waals surface area contributed by atoms with E-state index < -0.39 is 6.29 Å². The molecule has 0 radical (unpaired) electrons. The maximum atomic E-state index is 9.53. The van der Waals surface area contributed by atoms with E-state index in [0.717, 1.165) is 6.42 Å². The Morgan fingerprint density at radius 3 is 2.67 bits per heavy atom. The van der Waals surface area contributed by atoms with Crippen LogP contribution < -0.4 is 0 Å². The second-order valence-corrected chi connectivity index (χ2v) is 4.82. The third kappa shape index (κ3) is 3.20. The zero-order valence-electron chi connectivity index (χ0n) is 10.9. The molecular formula is C12H22O6. The highest BCUT2D eigenvalue weighted by Crippen LogP contribution is 2.44. The molecule has 2 aliphatic rings. The minimum atomic E-state index is -0.645. The van der Waals surface area contributed by atoms with Gasteiger partial charge in [0.2, 0.25) is 0 Å². The minimum absolute atomic E-state index is 0.0595. The quantitative estimate of drug-likeness (QED) is 0.527. The van der Waals surface area contributed by atoms with Crippen molar-refractivity contribution in [3.8, 4) is 0 Å². The van der Waals surface area contributed by atoms with Gasteiger partial charge >= 0.3 is 0 Å². The van der Waals surface area contributed by atoms with Crippen LogP contribution in [-0.4, -0.2) is 58.0 Å². The first-order chi connectivity index (χ1) is 8.76. The summed E-state index contributed by atoms with van der Waals surface area (Å²) in [5, 5.41) is 9.53. The summed E-state index contributed by atoms with van der Waals surface area (Å²) in [5.41, 5.74) is 0. The Kier molecular flexibility index (Phi) is 5.35. The molecule has 0 aromatic heterocycles. The number of hydrogen-bond acceptors (Lipinski definition) is 6. The molecule has 5 atom stereocenters. The highest BCUT2D eigenvalue weighted by Gasteiger charge is 2.49. The lowest BCUT2D eigenvalue weighted by molar-refractivity contribution is -0.125. The molecule has 0 amide bonds. The number of ether oxygens (including phenoxy) is 5. The van der Waals surface area contributed by atoms with Crippen LogP contribution in [0.15, 0.2) is 0 Å². The van der Waals surface area contributed by atoms with Crippen molar-refractivity contribution in [3.05, 3.63) is 0 Å². The van der Waals surface area contributed by atoms with Crippen molar-refractivity contribution in [2.45, 2.75) is 31.3 Å². The van der Waals surface area contributed by atoms with E-state index in [-0.39, 0.29) is 31.7 Å². The first kappa shape index (κ1) is 14.2. The molecule has 6 nitrogen and oxygen atoms in total. The summed E-state index contributed by atoms with van der Waals surface area (Å²) in [6, 6.07) is 0. The molecule has 18 heavy (non-hydrogen) atoms. The van der Waals surface area contributed by atoms with Crippen molar-refractivity contribution in [2.75, 3.05) is 34.4 Å². The van der Waals surface area contributed by atoms with Crippen LogP contribution in [0.5, 0.6) is 0 Å². The van der Waals surface area contributed by atoms with E-state index in [9.17, 15) is 5.11 Å². The van der Waals surface area contributed by atoms with Gasteiger partial charge in [-0.05, 0) is 5.92 Å². The molecule has 1 saturated heterocycles. The highest BCUT2D eigenvalue weighted by molar-refractivity contribution is 4.96. The SMILES string of the molecule is COCOC[C@H]1[C@@H]2CC(O)O[C@@H]2C[C@@H]1OCOC. The van der Waals surface area contributed by atoms with Crippen molar-refractivity contribution in [3.63, 3.8) is 0 Å². The smallest absolute Gasteiger partial charge is 0.155 e. The van der Waals surface area contributed by atoms with E-state index in [0.29, 0.717) is 18.9 Å². The Hall–Kier alpha value is -0.240. The summed E-state index contributed by atoms with van der Waals surface area (Å²) in [4.78, 5) is 0. The van der Waals surface area contributed by atoms with Crippen molar-refractivity contribution < 1.29 is 28.8 Å². The van der Waals surface area contributed by atoms with Gasteiger partial charge in [-0.1, -0.05) is 0 Å². The Morgan fingerprint density at radius 1 is 1.17 bits per heavy atom. The maximum absolute atomic E-state index is 9.53. The maximum Gasteiger partial charge on any atom is 0.155 e. The van der Waals surface area contributed by atoms with Crippen LogP contribution in [0.25, 0.3) is 0 Å². The van der Waals surface area contributed by atoms with Gasteiger partial charge in [-0.15, -0.1) is 0 Å². The monoisotopic (exact) mass is 262 g/mol. The van der Waals surface area contributed by atoms with Crippen LogP contribution in [-0.2, 0) is 23.7 Å². The fourth-order valence-electron chi connectivity index (χ4n) is 2.95. The van der Waals surface area contributed by atoms with E-state index in [1.54, 1.807) is 14.2 Å². The van der Waals surface area contributed by atoms with Crippen molar-refractivity contribution in [1.82, 2.24) is 0 Å². The molecule has 2 fully saturated rings. The van der Waals surface area contributed by atoms with E-state index in [1.807, 2.05) is 0 Å². The van der Waals surface area contributed by atoms with Gasteiger partial charge in [0.25, 0.3) is 0 Å². The van der Waals surface area contributed by atoms with Gasteiger partial charge < -0.3 is 28.8 Å². The Bertz CT molecular complexity index is 249. The van der Waals surface area contributed by atoms with Crippen molar-refractivity contribution in [1.29, 1.82) is 0 Å². The standard InChI is InChI=1S/C12H22O6/c1-14-6-16-5-9-8-3-12(13)18-11(8)4-10(9)17-7-15-2/h8-13H,3-7H2,1-2H3/t8-,9-,10-,11+,12?/m0/s1. The average molecular weight is 262 g/mol. The number of rotatable bonds is 7. The Morgan fingerprint density at radius 2 is 1.94 bits per heavy atom. The summed E-state index contributed by atoms with van der Waals surface area (Å²) in [7, 11) is 3.20. The number of aliphatic hydroxyl groups is 1. The fraction of sp³-hybridized carbons (Fsp3) is 1.00. The topological polar surface area (TPSA) is 66.4 Å². The molecule has 6 heteroatoms. The van der Waals surface area contributed by atoms with Gasteiger partial charge in [0, 0.05) is 33.0 Å². The molecule has 106 valence electrons. The second-order valence-electron chi connectivity index (χ2n) is 4.82. The van der Waals surface area contributed by atoms with Crippen LogP contribution in [0.3, 0.4) is 0 Å². The zero-order valence-corrected chi connectivity index (χ0v) is 10.9. The van der Waals surface area contributed by atoms with Crippen molar-refractivity contribution >= 4 is 0 Å². The third-order valence-corrected chi connectivity index (χ3v) is 3.69. The molecule has 0 spiro atoms. The van der Waals surface area contributed by atoms with Crippen LogP contribution in [0, 0.1) is 11.8 Å². The van der Waals surface area contributed by atoms with Gasteiger partial charge in [0.1, 0.15) is 13.6 Å².